The van der Waals surface area contributed by atoms with Gasteiger partial charge in [-0.2, -0.15) is 0 Å². The van der Waals surface area contributed by atoms with Crippen molar-refractivity contribution in [2.45, 2.75) is 12.5 Å². The zero-order valence-electron chi connectivity index (χ0n) is 7.19. The fourth-order valence-electron chi connectivity index (χ4n) is 1.19. The summed E-state index contributed by atoms with van der Waals surface area (Å²) >= 11 is 1.84. The second-order valence-corrected chi connectivity index (χ2v) is 3.87. The summed E-state index contributed by atoms with van der Waals surface area (Å²) in [5.74, 6) is 3.29. The van der Waals surface area contributed by atoms with Gasteiger partial charge in [-0.15, -0.1) is 22.0 Å². The first-order chi connectivity index (χ1) is 6.40. The van der Waals surface area contributed by atoms with E-state index in [0.717, 1.165) is 11.6 Å². The maximum atomic E-state index is 5.43. The van der Waals surface area contributed by atoms with Crippen LogP contribution < -0.4 is 11.1 Å². The first kappa shape index (κ1) is 8.98. The van der Waals surface area contributed by atoms with Crippen LogP contribution in [0.3, 0.4) is 0 Å². The number of nitrogens with zero attached hydrogens (tertiary/aromatic N) is 2. The van der Waals surface area contributed by atoms with Gasteiger partial charge in [0.25, 0.3) is 0 Å². The summed E-state index contributed by atoms with van der Waals surface area (Å²) in [5, 5.41) is 11.1. The summed E-state index contributed by atoms with van der Waals surface area (Å²) in [6, 6.07) is 0.226. The summed E-state index contributed by atoms with van der Waals surface area (Å²) in [6.45, 7) is 0.550. The number of nitrogens with one attached hydrogen (secondary N) is 1. The molecule has 2 heterocycles. The molecule has 0 aromatic carbocycles. The van der Waals surface area contributed by atoms with E-state index in [1.54, 1.807) is 0 Å². The van der Waals surface area contributed by atoms with Crippen LogP contribution in [0.5, 0.6) is 0 Å². The monoisotopic (exact) mass is 200 g/mol. The molecule has 1 atom stereocenters. The number of nitrogens with two attached hydrogens (primary N) is 1. The first-order valence-electron chi connectivity index (χ1n) is 4.23. The van der Waals surface area contributed by atoms with Crippen molar-refractivity contribution in [3.05, 3.63) is 11.8 Å². The highest BCUT2D eigenvalue weighted by molar-refractivity contribution is 7.99. The van der Waals surface area contributed by atoms with Gasteiger partial charge in [0.1, 0.15) is 0 Å². The van der Waals surface area contributed by atoms with Crippen LogP contribution in [0.1, 0.15) is 17.8 Å². The fraction of sp³-hybridized carbons (Fsp3) is 0.714. The highest BCUT2D eigenvalue weighted by Gasteiger charge is 2.22. The van der Waals surface area contributed by atoms with E-state index < -0.39 is 0 Å². The summed E-state index contributed by atoms with van der Waals surface area (Å²) in [6.07, 6.45) is 0.660. The maximum absolute atomic E-state index is 5.43. The molecule has 13 heavy (non-hydrogen) atoms. The second kappa shape index (κ2) is 4.08. The van der Waals surface area contributed by atoms with Gasteiger partial charge in [-0.1, -0.05) is 0 Å². The van der Waals surface area contributed by atoms with Crippen molar-refractivity contribution in [1.29, 1.82) is 0 Å². The van der Waals surface area contributed by atoms with Crippen molar-refractivity contribution < 1.29 is 4.42 Å². The highest BCUT2D eigenvalue weighted by Crippen LogP contribution is 2.22. The Labute approximate surface area is 80.5 Å². The Balaban J connectivity index is 2.03. The number of hydrogen-bond donors (Lipinski definition) is 2. The molecule has 0 bridgehead atoms. The van der Waals surface area contributed by atoms with Gasteiger partial charge in [-0.05, 0) is 0 Å². The molecule has 1 aliphatic heterocycles. The Bertz CT molecular complexity index is 271. The van der Waals surface area contributed by atoms with E-state index in [1.165, 1.54) is 0 Å². The van der Waals surface area contributed by atoms with E-state index in [-0.39, 0.29) is 6.04 Å². The van der Waals surface area contributed by atoms with E-state index in [4.69, 9.17) is 10.2 Å². The molecule has 1 aromatic rings. The minimum absolute atomic E-state index is 0.226. The molecular weight excluding hydrogens is 188 g/mol. The van der Waals surface area contributed by atoms with E-state index >= 15 is 0 Å². The summed E-state index contributed by atoms with van der Waals surface area (Å²) in [4.78, 5) is 0. The summed E-state index contributed by atoms with van der Waals surface area (Å²) in [5.41, 5.74) is 5.38. The summed E-state index contributed by atoms with van der Waals surface area (Å²) in [7, 11) is 0. The molecule has 0 saturated carbocycles. The lowest BCUT2D eigenvalue weighted by molar-refractivity contribution is 0.412. The van der Waals surface area contributed by atoms with Crippen molar-refractivity contribution in [1.82, 2.24) is 15.5 Å². The third kappa shape index (κ3) is 2.01. The predicted molar refractivity (Wildman–Crippen MR) is 50.3 cm³/mol. The topological polar surface area (TPSA) is 77.0 Å². The van der Waals surface area contributed by atoms with Crippen molar-refractivity contribution in [3.8, 4) is 0 Å². The molecule has 0 radical (unpaired) electrons. The Morgan fingerprint density at radius 2 is 2.54 bits per heavy atom. The van der Waals surface area contributed by atoms with Crippen LogP contribution in [0.2, 0.25) is 0 Å². The molecular formula is C7H12N4OS. The van der Waals surface area contributed by atoms with Crippen LogP contribution in [-0.4, -0.2) is 28.4 Å². The molecule has 6 heteroatoms. The average molecular weight is 200 g/mol. The van der Waals surface area contributed by atoms with Gasteiger partial charge >= 0.3 is 0 Å². The van der Waals surface area contributed by atoms with Gasteiger partial charge in [0.05, 0.1) is 6.04 Å². The Hall–Kier alpha value is -0.590. The molecule has 1 saturated heterocycles. The fourth-order valence-corrected chi connectivity index (χ4v) is 2.12. The van der Waals surface area contributed by atoms with Crippen molar-refractivity contribution in [2.24, 2.45) is 5.73 Å². The van der Waals surface area contributed by atoms with E-state index in [2.05, 4.69) is 15.5 Å². The van der Waals surface area contributed by atoms with Gasteiger partial charge in [0.15, 0.2) is 0 Å². The zero-order valence-corrected chi connectivity index (χ0v) is 8.01. The van der Waals surface area contributed by atoms with Gasteiger partial charge in [0, 0.05) is 24.6 Å². The second-order valence-electron chi connectivity index (χ2n) is 2.84. The minimum Gasteiger partial charge on any atom is -0.423 e. The van der Waals surface area contributed by atoms with Crippen LogP contribution in [0, 0.1) is 0 Å². The third-order valence-electron chi connectivity index (χ3n) is 1.86. The van der Waals surface area contributed by atoms with Crippen molar-refractivity contribution in [2.75, 3.05) is 18.2 Å². The Morgan fingerprint density at radius 3 is 3.23 bits per heavy atom. The molecule has 1 unspecified atom stereocenters. The molecule has 1 aromatic heterocycles. The smallest absolute Gasteiger partial charge is 0.234 e. The van der Waals surface area contributed by atoms with Crippen LogP contribution >= 0.6 is 11.8 Å². The van der Waals surface area contributed by atoms with Gasteiger partial charge in [0.2, 0.25) is 11.8 Å². The number of hydrogen-bond acceptors (Lipinski definition) is 6. The minimum atomic E-state index is 0.226. The van der Waals surface area contributed by atoms with E-state index in [9.17, 15) is 0 Å². The lowest BCUT2D eigenvalue weighted by Crippen LogP contribution is -2.14. The third-order valence-corrected chi connectivity index (χ3v) is 2.79. The number of rotatable bonds is 3. The molecule has 5 nitrogen and oxygen atoms in total. The standard InChI is InChI=1S/C7H12N4OS/c8-2-1-6-10-11-7(12-6)5-3-13-4-9-5/h5,9H,1-4,8H2. The van der Waals surface area contributed by atoms with Gasteiger partial charge in [-0.3, -0.25) is 5.32 Å². The predicted octanol–water partition coefficient (Wildman–Crippen LogP) is -0.0942. The average Bonchev–Trinajstić information content (AvgIpc) is 2.70. The van der Waals surface area contributed by atoms with Crippen molar-refractivity contribution in [3.63, 3.8) is 0 Å². The quantitative estimate of drug-likeness (QED) is 0.710. The molecule has 0 spiro atoms. The van der Waals surface area contributed by atoms with Crippen LogP contribution in [-0.2, 0) is 6.42 Å². The first-order valence-corrected chi connectivity index (χ1v) is 5.39. The molecule has 2 rings (SSSR count). The van der Waals surface area contributed by atoms with E-state index in [1.807, 2.05) is 11.8 Å². The SMILES string of the molecule is NCCc1nnc(C2CSCN2)o1. The molecule has 1 fully saturated rings. The lowest BCUT2D eigenvalue weighted by atomic mass is 10.3. The highest BCUT2D eigenvalue weighted by atomic mass is 32.2. The normalized spacial score (nSPS) is 22.4. The van der Waals surface area contributed by atoms with Crippen LogP contribution in [0.15, 0.2) is 4.42 Å². The summed E-state index contributed by atoms with van der Waals surface area (Å²) < 4.78 is 5.43. The lowest BCUT2D eigenvalue weighted by Gasteiger charge is -2.00. The van der Waals surface area contributed by atoms with Gasteiger partial charge < -0.3 is 10.2 Å². The number of aromatic nitrogens is 2. The van der Waals surface area contributed by atoms with E-state index in [0.29, 0.717) is 24.7 Å². The molecule has 0 amide bonds. The van der Waals surface area contributed by atoms with Crippen LogP contribution in [0.4, 0.5) is 0 Å². The van der Waals surface area contributed by atoms with Crippen molar-refractivity contribution >= 4 is 11.8 Å². The maximum Gasteiger partial charge on any atom is 0.234 e. The molecule has 1 aliphatic rings. The Kier molecular flexibility index (Phi) is 2.82. The van der Waals surface area contributed by atoms with Crippen LogP contribution in [0.25, 0.3) is 0 Å². The largest absolute Gasteiger partial charge is 0.423 e. The molecule has 72 valence electrons. The molecule has 3 N–H and O–H groups in total. The molecule has 0 aliphatic carbocycles. The number of thioether (sulfide) groups is 1. The Morgan fingerprint density at radius 1 is 1.62 bits per heavy atom. The zero-order chi connectivity index (χ0) is 9.10. The van der Waals surface area contributed by atoms with Gasteiger partial charge in [-0.25, -0.2) is 0 Å².